The molecule has 3 heteroatoms. The minimum absolute atomic E-state index is 0.101. The average Bonchev–Trinajstić information content (AvgIpc) is 2.35. The molecule has 0 spiro atoms. The first kappa shape index (κ1) is 12.9. The van der Waals surface area contributed by atoms with E-state index < -0.39 is 0 Å². The van der Waals surface area contributed by atoms with Crippen LogP contribution in [0.5, 0.6) is 0 Å². The summed E-state index contributed by atoms with van der Waals surface area (Å²) in [5, 5.41) is 4.18. The summed E-state index contributed by atoms with van der Waals surface area (Å²) in [5.74, 6) is 1.20. The Hall–Kier alpha value is -0.540. The molecule has 1 aromatic rings. The Bertz CT molecular complexity index is 361. The topological polar surface area (TPSA) is 12.0 Å². The predicted molar refractivity (Wildman–Crippen MR) is 72.9 cm³/mol. The van der Waals surface area contributed by atoms with Crippen molar-refractivity contribution >= 4 is 11.8 Å². The number of hydrogen-bond acceptors (Lipinski definition) is 2. The second-order valence-corrected chi connectivity index (χ2v) is 6.11. The fourth-order valence-corrected chi connectivity index (χ4v) is 3.37. The van der Waals surface area contributed by atoms with Gasteiger partial charge in [0.1, 0.15) is 5.82 Å². The molecule has 1 aliphatic rings. The lowest BCUT2D eigenvalue weighted by molar-refractivity contribution is 0.590. The number of thioether (sulfide) groups is 1. The van der Waals surface area contributed by atoms with Gasteiger partial charge in [0.25, 0.3) is 0 Å². The van der Waals surface area contributed by atoms with Crippen LogP contribution in [0.25, 0.3) is 0 Å². The summed E-state index contributed by atoms with van der Waals surface area (Å²) < 4.78 is 13.3. The molecule has 1 nitrogen and oxygen atoms in total. The molecule has 0 saturated carbocycles. The monoisotopic (exact) mass is 253 g/mol. The van der Waals surface area contributed by atoms with Gasteiger partial charge in [-0.2, -0.15) is 11.8 Å². The Morgan fingerprint density at radius 2 is 2.29 bits per heavy atom. The SMILES string of the molecule is Cc1ccc(CNCC2CCCCS2)cc1F. The number of hydrogen-bond donors (Lipinski definition) is 1. The Morgan fingerprint density at radius 3 is 3.00 bits per heavy atom. The fraction of sp³-hybridized carbons (Fsp3) is 0.571. The third-order valence-electron chi connectivity index (χ3n) is 3.21. The van der Waals surface area contributed by atoms with Crippen LogP contribution in [0, 0.1) is 12.7 Å². The Kier molecular flexibility index (Phi) is 4.86. The number of aryl methyl sites for hydroxylation is 1. The van der Waals surface area contributed by atoms with Crippen molar-refractivity contribution in [3.05, 3.63) is 35.1 Å². The lowest BCUT2D eigenvalue weighted by Gasteiger charge is -2.21. The third-order valence-corrected chi connectivity index (χ3v) is 4.61. The molecular formula is C14H20FNS. The zero-order valence-electron chi connectivity index (χ0n) is 10.3. The van der Waals surface area contributed by atoms with E-state index in [4.69, 9.17) is 0 Å². The first-order chi connectivity index (χ1) is 8.25. The van der Waals surface area contributed by atoms with Crippen LogP contribution in [0.1, 0.15) is 30.4 Å². The van der Waals surface area contributed by atoms with E-state index in [0.29, 0.717) is 0 Å². The van der Waals surface area contributed by atoms with Gasteiger partial charge >= 0.3 is 0 Å². The number of rotatable bonds is 4. The molecule has 1 fully saturated rings. The maximum Gasteiger partial charge on any atom is 0.126 e. The summed E-state index contributed by atoms with van der Waals surface area (Å²) in [5.41, 5.74) is 1.76. The Labute approximate surface area is 107 Å². The van der Waals surface area contributed by atoms with Crippen molar-refractivity contribution in [1.82, 2.24) is 5.32 Å². The molecule has 1 saturated heterocycles. The molecule has 2 rings (SSSR count). The predicted octanol–water partition coefficient (Wildman–Crippen LogP) is 3.51. The minimum atomic E-state index is -0.101. The molecule has 0 bridgehead atoms. The smallest absolute Gasteiger partial charge is 0.126 e. The van der Waals surface area contributed by atoms with E-state index in [9.17, 15) is 4.39 Å². The second-order valence-electron chi connectivity index (χ2n) is 4.70. The molecule has 0 radical (unpaired) electrons. The summed E-state index contributed by atoms with van der Waals surface area (Å²) in [4.78, 5) is 0. The second kappa shape index (κ2) is 6.41. The van der Waals surface area contributed by atoms with Crippen molar-refractivity contribution in [2.24, 2.45) is 0 Å². The molecule has 1 aromatic carbocycles. The highest BCUT2D eigenvalue weighted by molar-refractivity contribution is 7.99. The number of halogens is 1. The van der Waals surface area contributed by atoms with Gasteiger partial charge in [-0.3, -0.25) is 0 Å². The molecule has 1 aliphatic heterocycles. The van der Waals surface area contributed by atoms with Gasteiger partial charge < -0.3 is 5.32 Å². The minimum Gasteiger partial charge on any atom is -0.312 e. The van der Waals surface area contributed by atoms with Gasteiger partial charge in [-0.15, -0.1) is 0 Å². The lowest BCUT2D eigenvalue weighted by atomic mass is 10.1. The van der Waals surface area contributed by atoms with Crippen LogP contribution < -0.4 is 5.32 Å². The van der Waals surface area contributed by atoms with Crippen LogP contribution in [0.2, 0.25) is 0 Å². The summed E-state index contributed by atoms with van der Waals surface area (Å²) >= 11 is 2.07. The average molecular weight is 253 g/mol. The van der Waals surface area contributed by atoms with Gasteiger partial charge in [0.2, 0.25) is 0 Å². The molecule has 0 aromatic heterocycles. The Balaban J connectivity index is 1.75. The zero-order chi connectivity index (χ0) is 12.1. The Morgan fingerprint density at radius 1 is 1.41 bits per heavy atom. The van der Waals surface area contributed by atoms with Gasteiger partial charge in [-0.25, -0.2) is 4.39 Å². The van der Waals surface area contributed by atoms with Gasteiger partial charge in [-0.05, 0) is 42.7 Å². The molecule has 1 N–H and O–H groups in total. The van der Waals surface area contributed by atoms with Gasteiger partial charge in [0.15, 0.2) is 0 Å². The van der Waals surface area contributed by atoms with Crippen molar-refractivity contribution in [2.75, 3.05) is 12.3 Å². The summed E-state index contributed by atoms with van der Waals surface area (Å²) in [6.45, 7) is 3.61. The van der Waals surface area contributed by atoms with Gasteiger partial charge in [0.05, 0.1) is 0 Å². The summed E-state index contributed by atoms with van der Waals surface area (Å²) in [6.07, 6.45) is 4.04. The van der Waals surface area contributed by atoms with Crippen LogP contribution >= 0.6 is 11.8 Å². The standard InChI is InChI=1S/C14H20FNS/c1-11-5-6-12(8-14(11)15)9-16-10-13-4-2-3-7-17-13/h5-6,8,13,16H,2-4,7,9-10H2,1H3. The van der Waals surface area contributed by atoms with Crippen molar-refractivity contribution in [3.8, 4) is 0 Å². The molecule has 17 heavy (non-hydrogen) atoms. The van der Waals surface area contributed by atoms with Gasteiger partial charge in [-0.1, -0.05) is 18.6 Å². The maximum atomic E-state index is 13.3. The third kappa shape index (κ3) is 4.00. The van der Waals surface area contributed by atoms with Crippen LogP contribution in [0.3, 0.4) is 0 Å². The van der Waals surface area contributed by atoms with Crippen LogP contribution in [0.4, 0.5) is 4.39 Å². The molecule has 1 heterocycles. The molecule has 94 valence electrons. The normalized spacial score (nSPS) is 20.5. The molecule has 0 amide bonds. The summed E-state index contributed by atoms with van der Waals surface area (Å²) in [6, 6.07) is 5.48. The number of nitrogens with one attached hydrogen (secondary N) is 1. The van der Waals surface area contributed by atoms with E-state index >= 15 is 0 Å². The quantitative estimate of drug-likeness (QED) is 0.881. The van der Waals surface area contributed by atoms with Crippen molar-refractivity contribution in [3.63, 3.8) is 0 Å². The lowest BCUT2D eigenvalue weighted by Crippen LogP contribution is -2.26. The fourth-order valence-electron chi connectivity index (χ4n) is 2.09. The van der Waals surface area contributed by atoms with E-state index in [2.05, 4.69) is 17.1 Å². The van der Waals surface area contributed by atoms with Crippen molar-refractivity contribution in [1.29, 1.82) is 0 Å². The van der Waals surface area contributed by atoms with Crippen LogP contribution in [0.15, 0.2) is 18.2 Å². The largest absolute Gasteiger partial charge is 0.312 e. The molecule has 0 aliphatic carbocycles. The van der Waals surface area contributed by atoms with E-state index in [-0.39, 0.29) is 5.82 Å². The van der Waals surface area contributed by atoms with Crippen LogP contribution in [-0.4, -0.2) is 17.5 Å². The van der Waals surface area contributed by atoms with E-state index in [1.807, 2.05) is 12.1 Å². The van der Waals surface area contributed by atoms with Gasteiger partial charge in [0, 0.05) is 18.3 Å². The first-order valence-electron chi connectivity index (χ1n) is 6.33. The van der Waals surface area contributed by atoms with Crippen molar-refractivity contribution in [2.45, 2.75) is 38.0 Å². The highest BCUT2D eigenvalue weighted by Crippen LogP contribution is 2.24. The number of benzene rings is 1. The van der Waals surface area contributed by atoms with Crippen molar-refractivity contribution < 1.29 is 4.39 Å². The maximum absolute atomic E-state index is 13.3. The van der Waals surface area contributed by atoms with E-state index in [0.717, 1.165) is 29.5 Å². The molecule has 1 unspecified atom stereocenters. The van der Waals surface area contributed by atoms with E-state index in [1.165, 1.54) is 25.0 Å². The highest BCUT2D eigenvalue weighted by atomic mass is 32.2. The summed E-state index contributed by atoms with van der Waals surface area (Å²) in [7, 11) is 0. The highest BCUT2D eigenvalue weighted by Gasteiger charge is 2.12. The first-order valence-corrected chi connectivity index (χ1v) is 7.38. The van der Waals surface area contributed by atoms with E-state index in [1.54, 1.807) is 13.0 Å². The van der Waals surface area contributed by atoms with Crippen LogP contribution in [-0.2, 0) is 6.54 Å². The molecule has 1 atom stereocenters. The zero-order valence-corrected chi connectivity index (χ0v) is 11.2. The molecular weight excluding hydrogens is 233 g/mol.